The summed E-state index contributed by atoms with van der Waals surface area (Å²) in [4.78, 5) is 7.63. The molecule has 4 nitrogen and oxygen atoms in total. The topological polar surface area (TPSA) is 67.8 Å². The molecule has 0 fully saturated rings. The molecule has 0 saturated carbocycles. The molecule has 1 unspecified atom stereocenters. The molecule has 2 aromatic heterocycles. The van der Waals surface area contributed by atoms with Crippen LogP contribution in [-0.4, -0.2) is 16.0 Å². The maximum atomic E-state index is 5.76. The number of nitrogens with two attached hydrogens (primary N) is 1. The molecule has 2 heterocycles. The van der Waals surface area contributed by atoms with Crippen LogP contribution >= 0.6 is 0 Å². The summed E-state index contributed by atoms with van der Waals surface area (Å²) < 4.78 is 5.52. The van der Waals surface area contributed by atoms with Crippen LogP contribution in [0.15, 0.2) is 41.1 Å². The standard InChI is InChI=1S/C14H15N3O/c1-9(15)6-14-16-7-12(17-14)11-8-18-13-5-3-2-4-10(11)13/h2-5,7-9H,6,15H2,1H3,(H,16,17). The van der Waals surface area contributed by atoms with Crippen LogP contribution in [0.2, 0.25) is 0 Å². The molecule has 4 heteroatoms. The summed E-state index contributed by atoms with van der Waals surface area (Å²) in [6.45, 7) is 1.97. The van der Waals surface area contributed by atoms with Crippen LogP contribution in [-0.2, 0) is 6.42 Å². The first-order valence-corrected chi connectivity index (χ1v) is 6.00. The zero-order valence-corrected chi connectivity index (χ0v) is 10.2. The molecular weight excluding hydrogens is 226 g/mol. The fourth-order valence-electron chi connectivity index (χ4n) is 2.09. The van der Waals surface area contributed by atoms with Gasteiger partial charge < -0.3 is 15.1 Å². The normalized spacial score (nSPS) is 13.0. The highest BCUT2D eigenvalue weighted by Gasteiger charge is 2.10. The van der Waals surface area contributed by atoms with Gasteiger partial charge in [-0.3, -0.25) is 0 Å². The van der Waals surface area contributed by atoms with Gasteiger partial charge in [-0.2, -0.15) is 0 Å². The monoisotopic (exact) mass is 241 g/mol. The van der Waals surface area contributed by atoms with E-state index in [4.69, 9.17) is 10.2 Å². The van der Waals surface area contributed by atoms with Crippen molar-refractivity contribution in [1.29, 1.82) is 0 Å². The molecule has 3 aromatic rings. The first kappa shape index (κ1) is 11.0. The van der Waals surface area contributed by atoms with Crippen molar-refractivity contribution in [2.24, 2.45) is 5.73 Å². The number of rotatable bonds is 3. The molecule has 0 amide bonds. The Bertz CT molecular complexity index is 666. The number of aromatic nitrogens is 2. The van der Waals surface area contributed by atoms with Crippen molar-refractivity contribution >= 4 is 11.0 Å². The Labute approximate surface area is 105 Å². The highest BCUT2D eigenvalue weighted by molar-refractivity contribution is 5.92. The molecule has 0 saturated heterocycles. The van der Waals surface area contributed by atoms with Crippen molar-refractivity contribution in [2.45, 2.75) is 19.4 Å². The number of nitrogens with one attached hydrogen (secondary N) is 1. The van der Waals surface area contributed by atoms with Gasteiger partial charge in [-0.25, -0.2) is 4.98 Å². The SMILES string of the molecule is CC(N)Cc1ncc(-c2coc3ccccc23)[nH]1. The lowest BCUT2D eigenvalue weighted by atomic mass is 10.1. The number of aromatic amines is 1. The molecule has 0 radical (unpaired) electrons. The third kappa shape index (κ3) is 1.91. The summed E-state index contributed by atoms with van der Waals surface area (Å²) in [7, 11) is 0. The summed E-state index contributed by atoms with van der Waals surface area (Å²) >= 11 is 0. The second-order valence-electron chi connectivity index (χ2n) is 4.57. The maximum absolute atomic E-state index is 5.76. The summed E-state index contributed by atoms with van der Waals surface area (Å²) in [5.41, 5.74) is 8.65. The Hall–Kier alpha value is -2.07. The van der Waals surface area contributed by atoms with Crippen LogP contribution in [0, 0.1) is 0 Å². The van der Waals surface area contributed by atoms with Gasteiger partial charge in [0.05, 0.1) is 11.9 Å². The maximum Gasteiger partial charge on any atom is 0.134 e. The summed E-state index contributed by atoms with van der Waals surface area (Å²) in [5, 5.41) is 1.09. The Balaban J connectivity index is 2.01. The van der Waals surface area contributed by atoms with Gasteiger partial charge in [-0.15, -0.1) is 0 Å². The van der Waals surface area contributed by atoms with Gasteiger partial charge in [-0.1, -0.05) is 18.2 Å². The first-order chi connectivity index (χ1) is 8.74. The number of furan rings is 1. The van der Waals surface area contributed by atoms with Crippen LogP contribution in [0.4, 0.5) is 0 Å². The molecule has 92 valence electrons. The third-order valence-electron chi connectivity index (χ3n) is 2.91. The fourth-order valence-corrected chi connectivity index (χ4v) is 2.09. The van der Waals surface area contributed by atoms with Gasteiger partial charge in [0.25, 0.3) is 0 Å². The molecule has 1 aromatic carbocycles. The number of fused-ring (bicyclic) bond motifs is 1. The van der Waals surface area contributed by atoms with E-state index >= 15 is 0 Å². The molecule has 1 atom stereocenters. The van der Waals surface area contributed by atoms with Crippen LogP contribution < -0.4 is 5.73 Å². The van der Waals surface area contributed by atoms with E-state index in [0.29, 0.717) is 0 Å². The van der Waals surface area contributed by atoms with E-state index in [9.17, 15) is 0 Å². The highest BCUT2D eigenvalue weighted by atomic mass is 16.3. The number of H-pyrrole nitrogens is 1. The van der Waals surface area contributed by atoms with E-state index in [1.54, 1.807) is 6.26 Å². The highest BCUT2D eigenvalue weighted by Crippen LogP contribution is 2.29. The predicted octanol–water partition coefficient (Wildman–Crippen LogP) is 2.71. The molecule has 18 heavy (non-hydrogen) atoms. The number of nitrogens with zero attached hydrogens (tertiary/aromatic N) is 1. The van der Waals surface area contributed by atoms with Crippen molar-refractivity contribution in [3.8, 4) is 11.3 Å². The number of para-hydroxylation sites is 1. The Kier molecular flexibility index (Phi) is 2.64. The minimum Gasteiger partial charge on any atom is -0.464 e. The van der Waals surface area contributed by atoms with E-state index in [-0.39, 0.29) is 6.04 Å². The second-order valence-corrected chi connectivity index (χ2v) is 4.57. The van der Waals surface area contributed by atoms with Crippen molar-refractivity contribution in [1.82, 2.24) is 9.97 Å². The third-order valence-corrected chi connectivity index (χ3v) is 2.91. The smallest absolute Gasteiger partial charge is 0.134 e. The Morgan fingerprint density at radius 2 is 2.22 bits per heavy atom. The molecule has 3 N–H and O–H groups in total. The van der Waals surface area contributed by atoms with Gasteiger partial charge in [0.1, 0.15) is 17.7 Å². The second kappa shape index (κ2) is 4.31. The summed E-state index contributed by atoms with van der Waals surface area (Å²) in [6, 6.07) is 8.06. The lowest BCUT2D eigenvalue weighted by Crippen LogP contribution is -2.18. The minimum atomic E-state index is 0.102. The van der Waals surface area contributed by atoms with Crippen LogP contribution in [0.25, 0.3) is 22.2 Å². The largest absolute Gasteiger partial charge is 0.464 e. The van der Waals surface area contributed by atoms with Crippen LogP contribution in [0.3, 0.4) is 0 Å². The summed E-state index contributed by atoms with van der Waals surface area (Å²) in [5.74, 6) is 0.908. The van der Waals surface area contributed by atoms with Crippen molar-refractivity contribution in [3.63, 3.8) is 0 Å². The number of imidazole rings is 1. The van der Waals surface area contributed by atoms with Crippen LogP contribution in [0.1, 0.15) is 12.7 Å². The lowest BCUT2D eigenvalue weighted by molar-refractivity contribution is 0.617. The van der Waals surface area contributed by atoms with Crippen molar-refractivity contribution < 1.29 is 4.42 Å². The summed E-state index contributed by atoms with van der Waals surface area (Å²) in [6.07, 6.45) is 4.33. The average Bonchev–Trinajstić information content (AvgIpc) is 2.94. The predicted molar refractivity (Wildman–Crippen MR) is 71.1 cm³/mol. The van der Waals surface area contributed by atoms with Gasteiger partial charge in [0, 0.05) is 23.4 Å². The van der Waals surface area contributed by atoms with Crippen LogP contribution in [0.5, 0.6) is 0 Å². The van der Waals surface area contributed by atoms with Gasteiger partial charge >= 0.3 is 0 Å². The van der Waals surface area contributed by atoms with E-state index in [2.05, 4.69) is 9.97 Å². The number of benzene rings is 1. The quantitative estimate of drug-likeness (QED) is 0.740. The van der Waals surface area contributed by atoms with Crippen molar-refractivity contribution in [2.75, 3.05) is 0 Å². The number of hydrogen-bond acceptors (Lipinski definition) is 3. The average molecular weight is 241 g/mol. The minimum absolute atomic E-state index is 0.102. The van der Waals surface area contributed by atoms with E-state index < -0.39 is 0 Å². The van der Waals surface area contributed by atoms with Crippen molar-refractivity contribution in [3.05, 3.63) is 42.5 Å². The molecule has 0 bridgehead atoms. The zero-order chi connectivity index (χ0) is 12.5. The molecule has 0 spiro atoms. The molecular formula is C14H15N3O. The van der Waals surface area contributed by atoms with Gasteiger partial charge in [-0.05, 0) is 13.0 Å². The Morgan fingerprint density at radius 3 is 3.06 bits per heavy atom. The zero-order valence-electron chi connectivity index (χ0n) is 10.2. The fraction of sp³-hybridized carbons (Fsp3) is 0.214. The number of hydrogen-bond donors (Lipinski definition) is 2. The molecule has 0 aliphatic heterocycles. The van der Waals surface area contributed by atoms with E-state index in [0.717, 1.165) is 34.5 Å². The molecule has 3 rings (SSSR count). The van der Waals surface area contributed by atoms with Gasteiger partial charge in [0.15, 0.2) is 0 Å². The Morgan fingerprint density at radius 1 is 1.39 bits per heavy atom. The van der Waals surface area contributed by atoms with E-state index in [1.165, 1.54) is 0 Å². The molecule has 0 aliphatic carbocycles. The molecule has 0 aliphatic rings. The van der Waals surface area contributed by atoms with Gasteiger partial charge in [0.2, 0.25) is 0 Å². The lowest BCUT2D eigenvalue weighted by Gasteiger charge is -2.00. The van der Waals surface area contributed by atoms with E-state index in [1.807, 2.05) is 37.4 Å². The first-order valence-electron chi connectivity index (χ1n) is 6.00.